The van der Waals surface area contributed by atoms with E-state index in [1.165, 1.54) is 27.9 Å². The molecular weight excluding hydrogens is 552 g/mol. The van der Waals surface area contributed by atoms with Crippen LogP contribution in [0.1, 0.15) is 92.5 Å². The Morgan fingerprint density at radius 1 is 0.762 bits per heavy atom. The van der Waals surface area contributed by atoms with Gasteiger partial charge in [0.15, 0.2) is 0 Å². The number of carbonyl (C=O) groups excluding carboxylic acids is 2. The van der Waals surface area contributed by atoms with Crippen molar-refractivity contribution in [3.05, 3.63) is 108 Å². The number of amides is 2. The van der Waals surface area contributed by atoms with Crippen LogP contribution in [-0.2, 0) is 24.3 Å². The van der Waals surface area contributed by atoms with Crippen LogP contribution in [0, 0.1) is 11.3 Å². The molecule has 3 aromatic carbocycles. The normalized spacial score (nSPS) is 21.3. The van der Waals surface area contributed by atoms with Crippen LogP contribution < -0.4 is 10.6 Å². The summed E-state index contributed by atoms with van der Waals surface area (Å²) in [6, 6.07) is 29.9. The second kappa shape index (κ2) is 15.2. The molecule has 0 bridgehead atoms. The molecule has 0 saturated heterocycles. The van der Waals surface area contributed by atoms with E-state index in [9.17, 15) is 9.59 Å². The summed E-state index contributed by atoms with van der Waals surface area (Å²) in [5.74, 6) is 0.109. The second-order valence-electron chi connectivity index (χ2n) is 12.9. The van der Waals surface area contributed by atoms with Crippen molar-refractivity contribution >= 4 is 11.8 Å². The molecular formula is C37H49N2O2Ti. The van der Waals surface area contributed by atoms with Crippen molar-refractivity contribution in [3.63, 3.8) is 0 Å². The number of carbonyl (C=O) groups is 2. The van der Waals surface area contributed by atoms with Gasteiger partial charge in [-0.1, -0.05) is 0 Å². The second-order valence-corrected chi connectivity index (χ2v) is 17.7. The van der Waals surface area contributed by atoms with Gasteiger partial charge in [-0.2, -0.15) is 0 Å². The van der Waals surface area contributed by atoms with Gasteiger partial charge >= 0.3 is 261 Å². The Kier molecular flexibility index (Phi) is 11.6. The molecule has 1 aliphatic rings. The van der Waals surface area contributed by atoms with E-state index in [1.807, 2.05) is 60.7 Å². The van der Waals surface area contributed by atoms with Gasteiger partial charge in [-0.15, -0.1) is 0 Å². The predicted octanol–water partition coefficient (Wildman–Crippen LogP) is 8.65. The molecule has 223 valence electrons. The van der Waals surface area contributed by atoms with Crippen LogP contribution in [0.4, 0.5) is 0 Å². The molecule has 0 aromatic heterocycles. The SMILES string of the molecule is CCC[CH2][Ti]([CH2]CCC)[C]1(NC(=O)c2ccccc2)CC(C)(C)CC(NC(=O)c2ccccc2)C1Cc1ccccc1. The molecule has 2 amide bonds. The molecule has 1 fully saturated rings. The van der Waals surface area contributed by atoms with E-state index >= 15 is 0 Å². The summed E-state index contributed by atoms with van der Waals surface area (Å²) in [6.45, 7) is 9.24. The average Bonchev–Trinajstić information content (AvgIpc) is 3.00. The Hall–Kier alpha value is -2.69. The topological polar surface area (TPSA) is 58.2 Å². The summed E-state index contributed by atoms with van der Waals surface area (Å²) < 4.78 is 2.14. The van der Waals surface area contributed by atoms with Crippen molar-refractivity contribution in [3.8, 4) is 0 Å². The minimum atomic E-state index is -1.97. The maximum absolute atomic E-state index is 14.2. The molecule has 3 aromatic rings. The summed E-state index contributed by atoms with van der Waals surface area (Å²) in [4.78, 5) is 27.9. The molecule has 1 aliphatic carbocycles. The van der Waals surface area contributed by atoms with Gasteiger partial charge in [0, 0.05) is 0 Å². The van der Waals surface area contributed by atoms with Crippen LogP contribution in [0.2, 0.25) is 9.45 Å². The van der Waals surface area contributed by atoms with Crippen LogP contribution >= 0.6 is 0 Å². The number of benzene rings is 3. The van der Waals surface area contributed by atoms with E-state index in [0.717, 1.165) is 32.1 Å². The molecule has 0 aliphatic heterocycles. The first-order valence-corrected chi connectivity index (χ1v) is 18.9. The molecule has 2 N–H and O–H groups in total. The fraction of sp³-hybridized carbons (Fsp3) is 0.459. The molecule has 3 atom stereocenters. The van der Waals surface area contributed by atoms with Crippen LogP contribution in [0.15, 0.2) is 91.0 Å². The van der Waals surface area contributed by atoms with Gasteiger partial charge in [-0.05, 0) is 0 Å². The third-order valence-electron chi connectivity index (χ3n) is 8.97. The number of unbranched alkanes of at least 4 members (excludes halogenated alkanes) is 2. The summed E-state index contributed by atoms with van der Waals surface area (Å²) >= 11 is -1.97. The van der Waals surface area contributed by atoms with Crippen LogP contribution in [-0.4, -0.2) is 21.7 Å². The average molecular weight is 602 g/mol. The van der Waals surface area contributed by atoms with E-state index < -0.39 is 17.9 Å². The Balaban J connectivity index is 1.86. The van der Waals surface area contributed by atoms with Crippen LogP contribution in [0.5, 0.6) is 0 Å². The number of rotatable bonds is 13. The van der Waals surface area contributed by atoms with E-state index in [1.54, 1.807) is 0 Å². The molecule has 4 nitrogen and oxygen atoms in total. The zero-order valence-corrected chi connectivity index (χ0v) is 27.6. The Morgan fingerprint density at radius 2 is 1.26 bits per heavy atom. The summed E-state index contributed by atoms with van der Waals surface area (Å²) in [5, 5.41) is 7.35. The maximum atomic E-state index is 14.2. The summed E-state index contributed by atoms with van der Waals surface area (Å²) in [7, 11) is 0. The van der Waals surface area contributed by atoms with Crippen LogP contribution in [0.3, 0.4) is 0 Å². The van der Waals surface area contributed by atoms with E-state index in [2.05, 4.69) is 68.7 Å². The van der Waals surface area contributed by atoms with Gasteiger partial charge in [-0.25, -0.2) is 0 Å². The molecule has 0 spiro atoms. The Bertz CT molecular complexity index is 1260. The van der Waals surface area contributed by atoms with Crippen molar-refractivity contribution in [2.75, 3.05) is 0 Å². The molecule has 4 rings (SSSR count). The van der Waals surface area contributed by atoms with E-state index in [-0.39, 0.29) is 33.0 Å². The number of nitrogens with one attached hydrogen (secondary N) is 2. The monoisotopic (exact) mass is 601 g/mol. The van der Waals surface area contributed by atoms with Crippen molar-refractivity contribution in [1.82, 2.24) is 10.6 Å². The number of hydrogen-bond acceptors (Lipinski definition) is 2. The summed E-state index contributed by atoms with van der Waals surface area (Å²) in [5.41, 5.74) is 2.63. The third-order valence-corrected chi connectivity index (χ3v) is 15.0. The zero-order chi connectivity index (χ0) is 30.0. The molecule has 0 heterocycles. The first-order chi connectivity index (χ1) is 20.3. The fourth-order valence-corrected chi connectivity index (χ4v) is 14.1. The first-order valence-electron chi connectivity index (χ1n) is 15.9. The van der Waals surface area contributed by atoms with Crippen molar-refractivity contribution in [2.24, 2.45) is 11.3 Å². The summed E-state index contributed by atoms with van der Waals surface area (Å²) in [6.07, 6.45) is 7.39. The van der Waals surface area contributed by atoms with Gasteiger partial charge in [0.25, 0.3) is 0 Å². The Labute approximate surface area is 259 Å². The van der Waals surface area contributed by atoms with Gasteiger partial charge in [-0.3, -0.25) is 0 Å². The zero-order valence-electron chi connectivity index (χ0n) is 26.0. The van der Waals surface area contributed by atoms with Crippen molar-refractivity contribution < 1.29 is 27.5 Å². The number of hydrogen-bond donors (Lipinski definition) is 2. The minimum absolute atomic E-state index is 0.0247. The van der Waals surface area contributed by atoms with Crippen molar-refractivity contribution in [1.29, 1.82) is 0 Å². The van der Waals surface area contributed by atoms with Gasteiger partial charge in [0.05, 0.1) is 0 Å². The Morgan fingerprint density at radius 3 is 1.79 bits per heavy atom. The molecule has 42 heavy (non-hydrogen) atoms. The molecule has 3 unspecified atom stereocenters. The standard InChI is InChI=1S/C29H31N2O2.2C4H9.Ti/c1-29(2)19-25(30-27(32)22-14-8-4-9-15-22)24(18-21-12-6-3-7-13-21)26(20-29)31-28(33)23-16-10-5-11-17-23;2*1-3-4-2;/h3-17,24-25H,18-20H2,1-2H3,(H,30,32)(H,31,33);2*1,3-4H2,2H3;. The van der Waals surface area contributed by atoms with Gasteiger partial charge in [0.1, 0.15) is 0 Å². The van der Waals surface area contributed by atoms with E-state index in [0.29, 0.717) is 11.1 Å². The van der Waals surface area contributed by atoms with Gasteiger partial charge < -0.3 is 0 Å². The molecule has 0 radical (unpaired) electrons. The molecule has 5 heteroatoms. The van der Waals surface area contributed by atoms with Crippen LogP contribution in [0.25, 0.3) is 0 Å². The van der Waals surface area contributed by atoms with E-state index in [4.69, 9.17) is 0 Å². The fourth-order valence-electron chi connectivity index (χ4n) is 7.04. The quantitative estimate of drug-likeness (QED) is 0.193. The first kappa shape index (κ1) is 32.2. The van der Waals surface area contributed by atoms with Crippen molar-refractivity contribution in [2.45, 2.75) is 92.0 Å². The molecule has 1 saturated carbocycles. The predicted molar refractivity (Wildman–Crippen MR) is 170 cm³/mol. The third kappa shape index (κ3) is 8.23. The van der Waals surface area contributed by atoms with Gasteiger partial charge in [0.2, 0.25) is 0 Å².